The number of amides is 3. The van der Waals surface area contributed by atoms with E-state index in [0.29, 0.717) is 12.8 Å². The van der Waals surface area contributed by atoms with Crippen molar-refractivity contribution in [2.45, 2.75) is 50.8 Å². The molecule has 0 aliphatic rings. The first-order chi connectivity index (χ1) is 13.4. The number of anilines is 1. The van der Waals surface area contributed by atoms with Crippen LogP contribution in [0.1, 0.15) is 46.0 Å². The molecule has 1 aromatic rings. The number of thioether (sulfide) groups is 1. The summed E-state index contributed by atoms with van der Waals surface area (Å²) in [4.78, 5) is 41.0. The van der Waals surface area contributed by atoms with E-state index in [2.05, 4.69) is 19.2 Å². The molecule has 0 aliphatic carbocycles. The van der Waals surface area contributed by atoms with Crippen molar-refractivity contribution < 1.29 is 14.4 Å². The van der Waals surface area contributed by atoms with Crippen LogP contribution < -0.4 is 5.32 Å². The average Bonchev–Trinajstić information content (AvgIpc) is 2.67. The highest BCUT2D eigenvalue weighted by Gasteiger charge is 2.16. The third-order valence-corrected chi connectivity index (χ3v) is 5.10. The Morgan fingerprint density at radius 1 is 1.00 bits per heavy atom. The predicted octanol–water partition coefficient (Wildman–Crippen LogP) is 3.62. The van der Waals surface area contributed by atoms with Crippen LogP contribution in [-0.4, -0.2) is 60.5 Å². The van der Waals surface area contributed by atoms with E-state index in [9.17, 15) is 14.4 Å². The van der Waals surface area contributed by atoms with Gasteiger partial charge in [-0.2, -0.15) is 0 Å². The minimum absolute atomic E-state index is 0.00666. The molecular formula is C21H33N3O3S. The van der Waals surface area contributed by atoms with Crippen LogP contribution in [0.2, 0.25) is 0 Å². The minimum atomic E-state index is -0.231. The molecule has 0 aromatic heterocycles. The molecule has 0 heterocycles. The van der Waals surface area contributed by atoms with Gasteiger partial charge in [0, 0.05) is 37.9 Å². The second-order valence-electron chi connectivity index (χ2n) is 6.73. The molecule has 156 valence electrons. The summed E-state index contributed by atoms with van der Waals surface area (Å²) in [6.07, 6.45) is 4.95. The lowest BCUT2D eigenvalue weighted by Gasteiger charge is -2.22. The lowest BCUT2D eigenvalue weighted by molar-refractivity contribution is -0.134. The Labute approximate surface area is 173 Å². The van der Waals surface area contributed by atoms with E-state index < -0.39 is 0 Å². The summed E-state index contributed by atoms with van der Waals surface area (Å²) >= 11 is 1.55. The maximum atomic E-state index is 12.3. The van der Waals surface area contributed by atoms with E-state index in [1.165, 1.54) is 4.90 Å². The molecule has 0 atom stereocenters. The number of hydrogen-bond donors (Lipinski definition) is 1. The van der Waals surface area contributed by atoms with Crippen LogP contribution in [0.3, 0.4) is 0 Å². The molecule has 0 bridgehead atoms. The normalized spacial score (nSPS) is 10.4. The number of benzene rings is 1. The van der Waals surface area contributed by atoms with Gasteiger partial charge in [-0.1, -0.05) is 26.0 Å². The number of para-hydroxylation sites is 1. The third kappa shape index (κ3) is 8.33. The Hall–Kier alpha value is -2.02. The molecule has 3 amide bonds. The second kappa shape index (κ2) is 13.2. The van der Waals surface area contributed by atoms with E-state index in [-0.39, 0.29) is 30.7 Å². The minimum Gasteiger partial charge on any atom is -0.343 e. The van der Waals surface area contributed by atoms with Crippen molar-refractivity contribution in [3.63, 3.8) is 0 Å². The number of likely N-dealkylation sites (N-methyl/N-ethyl adjacent to an activating group) is 1. The van der Waals surface area contributed by atoms with Gasteiger partial charge in [0.05, 0.1) is 12.2 Å². The first-order valence-corrected chi connectivity index (χ1v) is 11.1. The molecule has 28 heavy (non-hydrogen) atoms. The molecule has 1 aromatic carbocycles. The summed E-state index contributed by atoms with van der Waals surface area (Å²) in [5, 5.41) is 2.85. The van der Waals surface area contributed by atoms with Crippen molar-refractivity contribution in [1.29, 1.82) is 0 Å². The number of nitrogens with zero attached hydrogens (tertiary/aromatic N) is 2. The van der Waals surface area contributed by atoms with Gasteiger partial charge in [-0.25, -0.2) is 0 Å². The zero-order valence-corrected chi connectivity index (χ0v) is 18.3. The average molecular weight is 408 g/mol. The van der Waals surface area contributed by atoms with Crippen molar-refractivity contribution in [1.82, 2.24) is 9.80 Å². The first-order valence-electron chi connectivity index (χ1n) is 9.87. The molecule has 0 saturated carbocycles. The van der Waals surface area contributed by atoms with Crippen molar-refractivity contribution in [3.8, 4) is 0 Å². The van der Waals surface area contributed by atoms with Crippen LogP contribution in [0, 0.1) is 0 Å². The van der Waals surface area contributed by atoms with E-state index in [0.717, 1.165) is 36.5 Å². The smallest absolute Gasteiger partial charge is 0.244 e. The van der Waals surface area contributed by atoms with Crippen LogP contribution in [0.5, 0.6) is 0 Å². The van der Waals surface area contributed by atoms with Crippen LogP contribution in [0.15, 0.2) is 29.2 Å². The van der Waals surface area contributed by atoms with Crippen molar-refractivity contribution in [2.75, 3.05) is 38.3 Å². The Balaban J connectivity index is 2.41. The fraction of sp³-hybridized carbons (Fsp3) is 0.571. The fourth-order valence-electron chi connectivity index (χ4n) is 2.88. The maximum absolute atomic E-state index is 12.3. The molecule has 1 N–H and O–H groups in total. The summed E-state index contributed by atoms with van der Waals surface area (Å²) in [6.45, 7) is 5.62. The molecular weight excluding hydrogens is 374 g/mol. The number of carbonyl (C=O) groups is 3. The maximum Gasteiger partial charge on any atom is 0.244 e. The summed E-state index contributed by atoms with van der Waals surface area (Å²) < 4.78 is 0. The van der Waals surface area contributed by atoms with Crippen molar-refractivity contribution in [3.05, 3.63) is 24.3 Å². The molecule has 0 unspecified atom stereocenters. The first kappa shape index (κ1) is 24.0. The molecule has 0 aliphatic heterocycles. The highest BCUT2D eigenvalue weighted by molar-refractivity contribution is 7.98. The lowest BCUT2D eigenvalue weighted by Crippen LogP contribution is -2.35. The van der Waals surface area contributed by atoms with Gasteiger partial charge in [-0.3, -0.25) is 14.4 Å². The van der Waals surface area contributed by atoms with Gasteiger partial charge in [-0.15, -0.1) is 11.8 Å². The Bertz CT molecular complexity index is 646. The van der Waals surface area contributed by atoms with Gasteiger partial charge < -0.3 is 15.1 Å². The Kier molecular flexibility index (Phi) is 11.3. The van der Waals surface area contributed by atoms with Gasteiger partial charge in [0.15, 0.2) is 0 Å². The van der Waals surface area contributed by atoms with Crippen LogP contribution in [0.4, 0.5) is 5.69 Å². The van der Waals surface area contributed by atoms with Crippen LogP contribution in [0.25, 0.3) is 0 Å². The van der Waals surface area contributed by atoms with Crippen molar-refractivity contribution in [2.24, 2.45) is 0 Å². The number of nitrogens with one attached hydrogen (secondary N) is 1. The second-order valence-corrected chi connectivity index (χ2v) is 7.58. The Morgan fingerprint density at radius 2 is 1.61 bits per heavy atom. The quantitative estimate of drug-likeness (QED) is 0.537. The topological polar surface area (TPSA) is 69.7 Å². The Morgan fingerprint density at radius 3 is 2.21 bits per heavy atom. The molecule has 0 spiro atoms. The van der Waals surface area contributed by atoms with E-state index in [1.807, 2.05) is 35.4 Å². The van der Waals surface area contributed by atoms with E-state index in [1.54, 1.807) is 18.8 Å². The van der Waals surface area contributed by atoms with Gasteiger partial charge in [0.25, 0.3) is 0 Å². The van der Waals surface area contributed by atoms with Crippen LogP contribution in [-0.2, 0) is 14.4 Å². The molecule has 0 saturated heterocycles. The monoisotopic (exact) mass is 407 g/mol. The molecule has 6 nitrogen and oxygen atoms in total. The highest BCUT2D eigenvalue weighted by atomic mass is 32.2. The SMILES string of the molecule is CCCN(CCC)C(=O)CCCC(=O)N(C)CC(=O)Nc1ccccc1SC. The van der Waals surface area contributed by atoms with Crippen LogP contribution >= 0.6 is 11.8 Å². The van der Waals surface area contributed by atoms with Gasteiger partial charge in [-0.05, 0) is 37.7 Å². The molecule has 0 radical (unpaired) electrons. The number of rotatable bonds is 12. The summed E-state index contributed by atoms with van der Waals surface area (Å²) in [5.74, 6) is -0.255. The lowest BCUT2D eigenvalue weighted by atomic mass is 10.2. The summed E-state index contributed by atoms with van der Waals surface area (Å²) in [5.41, 5.74) is 0.749. The molecule has 0 fully saturated rings. The van der Waals surface area contributed by atoms with E-state index in [4.69, 9.17) is 0 Å². The number of hydrogen-bond acceptors (Lipinski definition) is 4. The fourth-order valence-corrected chi connectivity index (χ4v) is 3.44. The zero-order valence-electron chi connectivity index (χ0n) is 17.5. The third-order valence-electron chi connectivity index (χ3n) is 4.31. The summed E-state index contributed by atoms with van der Waals surface area (Å²) in [6, 6.07) is 7.56. The standard InChI is InChI=1S/C21H33N3O3S/c1-5-14-24(15-6-2)21(27)13-9-12-20(26)23(3)16-19(25)22-17-10-7-8-11-18(17)28-4/h7-8,10-11H,5-6,9,12-16H2,1-4H3,(H,22,25). The molecule has 1 rings (SSSR count). The summed E-state index contributed by atoms with van der Waals surface area (Å²) in [7, 11) is 1.62. The highest BCUT2D eigenvalue weighted by Crippen LogP contribution is 2.24. The van der Waals surface area contributed by atoms with Crippen molar-refractivity contribution >= 4 is 35.2 Å². The molecule has 7 heteroatoms. The van der Waals surface area contributed by atoms with Gasteiger partial charge in [0.2, 0.25) is 17.7 Å². The van der Waals surface area contributed by atoms with E-state index >= 15 is 0 Å². The predicted molar refractivity (Wildman–Crippen MR) is 116 cm³/mol. The largest absolute Gasteiger partial charge is 0.343 e. The number of carbonyl (C=O) groups excluding carboxylic acids is 3. The zero-order chi connectivity index (χ0) is 20.9. The van der Waals surface area contributed by atoms with Gasteiger partial charge in [0.1, 0.15) is 0 Å². The van der Waals surface area contributed by atoms with Gasteiger partial charge >= 0.3 is 0 Å².